The fourth-order valence-electron chi connectivity index (χ4n) is 1.73. The van der Waals surface area contributed by atoms with Crippen molar-refractivity contribution in [2.24, 2.45) is 5.92 Å². The lowest BCUT2D eigenvalue weighted by atomic mass is 10.0. The van der Waals surface area contributed by atoms with Gasteiger partial charge in [-0.1, -0.05) is 38.1 Å². The molecule has 1 aromatic rings. The van der Waals surface area contributed by atoms with Gasteiger partial charge < -0.3 is 5.32 Å². The van der Waals surface area contributed by atoms with Gasteiger partial charge in [0.25, 0.3) is 0 Å². The average molecular weight is 202 g/mol. The van der Waals surface area contributed by atoms with Crippen molar-refractivity contribution in [3.05, 3.63) is 41.3 Å². The van der Waals surface area contributed by atoms with Crippen molar-refractivity contribution in [3.8, 4) is 0 Å². The second kappa shape index (κ2) is 4.80. The van der Waals surface area contributed by atoms with Gasteiger partial charge in [-0.25, -0.2) is 0 Å². The first-order valence-electron chi connectivity index (χ1n) is 5.86. The van der Waals surface area contributed by atoms with Gasteiger partial charge in [0, 0.05) is 6.54 Å². The molecule has 0 bridgehead atoms. The van der Waals surface area contributed by atoms with Crippen molar-refractivity contribution in [2.45, 2.75) is 33.2 Å². The number of benzene rings is 1. The van der Waals surface area contributed by atoms with Crippen molar-refractivity contribution < 1.29 is 0 Å². The number of hydrogen-bond donors (Lipinski definition) is 1. The zero-order valence-electron chi connectivity index (χ0n) is 9.72. The van der Waals surface area contributed by atoms with Gasteiger partial charge in [0.15, 0.2) is 0 Å². The van der Waals surface area contributed by atoms with Crippen LogP contribution >= 0.6 is 0 Å². The maximum absolute atomic E-state index is 3.52. The monoisotopic (exact) mass is 202 g/mol. The Balaban J connectivity index is 1.86. The van der Waals surface area contributed by atoms with E-state index in [0.29, 0.717) is 0 Å². The highest BCUT2D eigenvalue weighted by Crippen LogP contribution is 2.27. The van der Waals surface area contributed by atoms with E-state index in [1.54, 1.807) is 0 Å². The minimum atomic E-state index is 0.965. The average Bonchev–Trinajstić information content (AvgIpc) is 3.02. The minimum absolute atomic E-state index is 0.965. The van der Waals surface area contributed by atoms with Gasteiger partial charge in [-0.3, -0.25) is 0 Å². The van der Waals surface area contributed by atoms with E-state index in [0.717, 1.165) is 12.5 Å². The molecule has 1 nitrogen and oxygen atoms in total. The summed E-state index contributed by atoms with van der Waals surface area (Å²) in [5.74, 6) is 2.35. The molecule has 0 unspecified atom stereocenters. The summed E-state index contributed by atoms with van der Waals surface area (Å²) in [5, 5.41) is 3.52. The molecule has 0 spiro atoms. The third-order valence-corrected chi connectivity index (χ3v) is 2.96. The van der Waals surface area contributed by atoms with Crippen LogP contribution in [0.15, 0.2) is 24.3 Å². The minimum Gasteiger partial charge on any atom is -0.312 e. The molecule has 81 valence electrons. The summed E-state index contributed by atoms with van der Waals surface area (Å²) in [6.45, 7) is 6.53. The predicted molar refractivity (Wildman–Crippen MR) is 64.6 cm³/mol. The Kier molecular flexibility index (Phi) is 3.42. The highest BCUT2D eigenvalue weighted by molar-refractivity contribution is 5.32. The van der Waals surface area contributed by atoms with E-state index >= 15 is 0 Å². The van der Waals surface area contributed by atoms with Crippen molar-refractivity contribution in [1.29, 1.82) is 0 Å². The van der Waals surface area contributed by atoms with Crippen molar-refractivity contribution in [2.75, 3.05) is 6.54 Å². The highest BCUT2D eigenvalue weighted by atomic mass is 14.9. The van der Waals surface area contributed by atoms with Crippen LogP contribution in [0.2, 0.25) is 0 Å². The molecule has 1 aromatic carbocycles. The Bertz CT molecular complexity index is 313. The largest absolute Gasteiger partial charge is 0.312 e. The lowest BCUT2D eigenvalue weighted by Gasteiger charge is -2.08. The first kappa shape index (κ1) is 10.7. The van der Waals surface area contributed by atoms with Crippen LogP contribution in [-0.2, 0) is 6.54 Å². The van der Waals surface area contributed by atoms with E-state index in [9.17, 15) is 0 Å². The summed E-state index contributed by atoms with van der Waals surface area (Å²) in [4.78, 5) is 0. The van der Waals surface area contributed by atoms with Gasteiger partial charge >= 0.3 is 0 Å². The summed E-state index contributed by atoms with van der Waals surface area (Å²) < 4.78 is 0. The highest BCUT2D eigenvalue weighted by Gasteiger charge is 2.19. The third kappa shape index (κ3) is 3.35. The molecule has 0 amide bonds. The third-order valence-electron chi connectivity index (χ3n) is 2.96. The zero-order valence-corrected chi connectivity index (χ0v) is 9.72. The standard InChI is InChI=1S/C14H20N/c1-11(2)14-5-3-4-13(8-14)10-15-9-12-6-7-12/h3-5,8,12,15H,6-7,9-10H2,1-2H3. The Hall–Kier alpha value is -0.820. The van der Waals surface area contributed by atoms with Gasteiger partial charge in [-0.15, -0.1) is 0 Å². The molecule has 0 heterocycles. The molecule has 0 atom stereocenters. The molecular formula is C14H20N. The molecule has 1 aliphatic carbocycles. The van der Waals surface area contributed by atoms with Crippen molar-refractivity contribution >= 4 is 0 Å². The molecular weight excluding hydrogens is 182 g/mol. The molecule has 0 aromatic heterocycles. The van der Waals surface area contributed by atoms with Crippen LogP contribution < -0.4 is 5.32 Å². The molecule has 0 saturated heterocycles. The van der Waals surface area contributed by atoms with E-state index in [-0.39, 0.29) is 0 Å². The van der Waals surface area contributed by atoms with Crippen LogP contribution in [0.5, 0.6) is 0 Å². The zero-order chi connectivity index (χ0) is 10.7. The molecule has 1 aliphatic rings. The molecule has 1 N–H and O–H groups in total. The fraction of sp³-hybridized carbons (Fsp3) is 0.500. The summed E-state index contributed by atoms with van der Waals surface area (Å²) in [6, 6.07) is 8.82. The molecule has 0 aliphatic heterocycles. The molecule has 15 heavy (non-hydrogen) atoms. The van der Waals surface area contributed by atoms with E-state index in [1.807, 2.05) is 0 Å². The Morgan fingerprint density at radius 2 is 2.13 bits per heavy atom. The van der Waals surface area contributed by atoms with Gasteiger partial charge in [0.1, 0.15) is 0 Å². The molecule has 1 saturated carbocycles. The van der Waals surface area contributed by atoms with E-state index in [2.05, 4.69) is 43.4 Å². The Morgan fingerprint density at radius 3 is 2.80 bits per heavy atom. The Morgan fingerprint density at radius 1 is 1.33 bits per heavy atom. The van der Waals surface area contributed by atoms with Crippen LogP contribution in [0.3, 0.4) is 0 Å². The van der Waals surface area contributed by atoms with Crippen LogP contribution in [0.4, 0.5) is 0 Å². The summed E-state index contributed by atoms with van der Waals surface area (Å²) in [7, 11) is 0. The topological polar surface area (TPSA) is 12.0 Å². The van der Waals surface area contributed by atoms with E-state index in [4.69, 9.17) is 0 Å². The van der Waals surface area contributed by atoms with Crippen LogP contribution in [0.1, 0.15) is 37.8 Å². The van der Waals surface area contributed by atoms with E-state index in [1.165, 1.54) is 36.4 Å². The van der Waals surface area contributed by atoms with Crippen LogP contribution in [0, 0.1) is 11.8 Å². The molecule has 1 heteroatoms. The van der Waals surface area contributed by atoms with Crippen LogP contribution in [-0.4, -0.2) is 6.54 Å². The number of rotatable bonds is 5. The van der Waals surface area contributed by atoms with Crippen molar-refractivity contribution in [3.63, 3.8) is 0 Å². The molecule has 1 radical (unpaired) electrons. The SMILES string of the molecule is C[C](C)c1cccc(CNCC2CC2)c1. The number of hydrogen-bond acceptors (Lipinski definition) is 1. The number of nitrogens with one attached hydrogen (secondary N) is 1. The maximum Gasteiger partial charge on any atom is 0.0205 e. The maximum atomic E-state index is 3.52. The quantitative estimate of drug-likeness (QED) is 0.773. The fourth-order valence-corrected chi connectivity index (χ4v) is 1.73. The first-order valence-corrected chi connectivity index (χ1v) is 5.86. The second-order valence-corrected chi connectivity index (χ2v) is 4.77. The van der Waals surface area contributed by atoms with Gasteiger partial charge in [0.2, 0.25) is 0 Å². The lowest BCUT2D eigenvalue weighted by Crippen LogP contribution is -2.16. The van der Waals surface area contributed by atoms with Gasteiger partial charge in [-0.2, -0.15) is 0 Å². The normalized spacial score (nSPS) is 15.9. The smallest absolute Gasteiger partial charge is 0.0205 e. The van der Waals surface area contributed by atoms with E-state index < -0.39 is 0 Å². The molecule has 1 fully saturated rings. The summed E-state index contributed by atoms with van der Waals surface area (Å²) >= 11 is 0. The Labute approximate surface area is 92.9 Å². The van der Waals surface area contributed by atoms with Gasteiger partial charge in [-0.05, 0) is 42.3 Å². The van der Waals surface area contributed by atoms with Crippen molar-refractivity contribution in [1.82, 2.24) is 5.32 Å². The molecule has 2 rings (SSSR count). The lowest BCUT2D eigenvalue weighted by molar-refractivity contribution is 0.638. The first-order chi connectivity index (χ1) is 7.25. The van der Waals surface area contributed by atoms with Gasteiger partial charge in [0.05, 0.1) is 0 Å². The summed E-state index contributed by atoms with van der Waals surface area (Å²) in [6.07, 6.45) is 2.85. The summed E-state index contributed by atoms with van der Waals surface area (Å²) in [5.41, 5.74) is 2.76. The predicted octanol–water partition coefficient (Wildman–Crippen LogP) is 3.15. The van der Waals surface area contributed by atoms with Crippen LogP contribution in [0.25, 0.3) is 0 Å². The second-order valence-electron chi connectivity index (χ2n) is 4.77.